The number of carbonyl (C=O) groups excluding carboxylic acids is 1. The third-order valence-electron chi connectivity index (χ3n) is 7.04. The molecule has 2 saturated heterocycles. The van der Waals surface area contributed by atoms with E-state index in [-0.39, 0.29) is 17.2 Å². The predicted molar refractivity (Wildman–Crippen MR) is 109 cm³/mol. The molecule has 5 rings (SSSR count). The lowest BCUT2D eigenvalue weighted by Gasteiger charge is -2.37. The summed E-state index contributed by atoms with van der Waals surface area (Å²) in [4.78, 5) is 15.2. The van der Waals surface area contributed by atoms with Gasteiger partial charge < -0.3 is 14.2 Å². The fourth-order valence-electron chi connectivity index (χ4n) is 5.18. The number of amides is 1. The maximum atomic E-state index is 13.1. The molecule has 0 bridgehead atoms. The predicted octanol–water partition coefficient (Wildman–Crippen LogP) is 3.36. The van der Waals surface area contributed by atoms with E-state index in [4.69, 9.17) is 4.74 Å². The number of carbonyl (C=O) groups is 1. The van der Waals surface area contributed by atoms with Gasteiger partial charge >= 0.3 is 0 Å². The van der Waals surface area contributed by atoms with E-state index in [2.05, 4.69) is 43.9 Å². The summed E-state index contributed by atoms with van der Waals surface area (Å²) in [5.74, 6) is 1.65. The molecule has 2 aliphatic heterocycles. The zero-order valence-electron chi connectivity index (χ0n) is 17.0. The molecule has 3 heterocycles. The highest BCUT2D eigenvalue weighted by atomic mass is 16.5. The number of likely N-dealkylation sites (tertiary alicyclic amines) is 1. The van der Waals surface area contributed by atoms with E-state index in [0.717, 1.165) is 57.8 Å². The SMILES string of the molecule is O=C(CCCc1ccccc1)N1CC(c2nncn2C2CC2)C2(CCOCC2)C1. The van der Waals surface area contributed by atoms with E-state index in [1.807, 2.05) is 12.4 Å². The number of rotatable bonds is 6. The molecule has 1 spiro atoms. The van der Waals surface area contributed by atoms with Crippen molar-refractivity contribution >= 4 is 5.91 Å². The van der Waals surface area contributed by atoms with Crippen molar-refractivity contribution < 1.29 is 9.53 Å². The summed E-state index contributed by atoms with van der Waals surface area (Å²) in [6.07, 6.45) is 8.81. The third kappa shape index (κ3) is 3.82. The first-order valence-electron chi connectivity index (χ1n) is 11.0. The zero-order chi connectivity index (χ0) is 19.7. The van der Waals surface area contributed by atoms with Crippen LogP contribution in [0.15, 0.2) is 36.7 Å². The van der Waals surface area contributed by atoms with Gasteiger partial charge in [-0.25, -0.2) is 0 Å². The molecule has 29 heavy (non-hydrogen) atoms. The van der Waals surface area contributed by atoms with Crippen LogP contribution in [0.25, 0.3) is 0 Å². The largest absolute Gasteiger partial charge is 0.381 e. The normalized spacial score (nSPS) is 23.6. The summed E-state index contributed by atoms with van der Waals surface area (Å²) >= 11 is 0. The van der Waals surface area contributed by atoms with E-state index in [9.17, 15) is 4.79 Å². The van der Waals surface area contributed by atoms with E-state index >= 15 is 0 Å². The van der Waals surface area contributed by atoms with Crippen molar-refractivity contribution in [1.82, 2.24) is 19.7 Å². The summed E-state index contributed by atoms with van der Waals surface area (Å²) in [6.45, 7) is 3.17. The Morgan fingerprint density at radius 3 is 2.72 bits per heavy atom. The Morgan fingerprint density at radius 1 is 1.17 bits per heavy atom. The molecule has 1 amide bonds. The molecular weight excluding hydrogens is 364 g/mol. The molecule has 3 aliphatic rings. The molecule has 1 aliphatic carbocycles. The quantitative estimate of drug-likeness (QED) is 0.754. The molecule has 1 unspecified atom stereocenters. The van der Waals surface area contributed by atoms with Crippen LogP contribution in [0.4, 0.5) is 0 Å². The first-order valence-corrected chi connectivity index (χ1v) is 11.0. The van der Waals surface area contributed by atoms with E-state index < -0.39 is 0 Å². The Hall–Kier alpha value is -2.21. The van der Waals surface area contributed by atoms with Crippen molar-refractivity contribution in [1.29, 1.82) is 0 Å². The minimum Gasteiger partial charge on any atom is -0.381 e. The van der Waals surface area contributed by atoms with Gasteiger partial charge in [0, 0.05) is 50.1 Å². The Labute approximate surface area is 172 Å². The Morgan fingerprint density at radius 2 is 1.97 bits per heavy atom. The molecule has 1 aromatic heterocycles. The van der Waals surface area contributed by atoms with Crippen molar-refractivity contribution in [3.05, 3.63) is 48.0 Å². The van der Waals surface area contributed by atoms with Crippen LogP contribution in [0.2, 0.25) is 0 Å². The van der Waals surface area contributed by atoms with Gasteiger partial charge in [0.1, 0.15) is 12.2 Å². The minimum absolute atomic E-state index is 0.0903. The maximum Gasteiger partial charge on any atom is 0.222 e. The standard InChI is InChI=1S/C23H30N4O2/c28-21(8-4-7-18-5-2-1-3-6-18)26-15-20(23(16-26)11-13-29-14-12-23)22-25-24-17-27(22)19-9-10-19/h1-3,5-6,17,19-20H,4,7-16H2. The summed E-state index contributed by atoms with van der Waals surface area (Å²) in [5.41, 5.74) is 1.39. The Bertz CT molecular complexity index is 840. The monoisotopic (exact) mass is 394 g/mol. The molecule has 1 atom stereocenters. The summed E-state index contributed by atoms with van der Waals surface area (Å²) < 4.78 is 7.96. The third-order valence-corrected chi connectivity index (χ3v) is 7.04. The first-order chi connectivity index (χ1) is 14.3. The lowest BCUT2D eigenvalue weighted by Crippen LogP contribution is -2.37. The number of aromatic nitrogens is 3. The van der Waals surface area contributed by atoms with E-state index in [0.29, 0.717) is 12.5 Å². The number of aryl methyl sites for hydroxylation is 1. The molecular formula is C23H30N4O2. The van der Waals surface area contributed by atoms with Gasteiger partial charge in [-0.3, -0.25) is 4.79 Å². The Balaban J connectivity index is 1.29. The van der Waals surface area contributed by atoms with Crippen molar-refractivity contribution in [3.8, 4) is 0 Å². The van der Waals surface area contributed by atoms with Gasteiger partial charge in [0.2, 0.25) is 5.91 Å². The molecule has 0 radical (unpaired) electrons. The molecule has 154 valence electrons. The summed E-state index contributed by atoms with van der Waals surface area (Å²) in [7, 11) is 0. The summed E-state index contributed by atoms with van der Waals surface area (Å²) in [5, 5.41) is 8.78. The number of hydrogen-bond donors (Lipinski definition) is 0. The van der Waals surface area contributed by atoms with Gasteiger partial charge in [0.15, 0.2) is 0 Å². The second-order valence-corrected chi connectivity index (χ2v) is 8.97. The number of hydrogen-bond acceptors (Lipinski definition) is 4. The van der Waals surface area contributed by atoms with Crippen LogP contribution < -0.4 is 0 Å². The van der Waals surface area contributed by atoms with Crippen molar-refractivity contribution in [2.24, 2.45) is 5.41 Å². The highest BCUT2D eigenvalue weighted by Crippen LogP contribution is 2.50. The average Bonchev–Trinajstić information content (AvgIpc) is 3.38. The zero-order valence-corrected chi connectivity index (χ0v) is 17.0. The molecule has 0 N–H and O–H groups in total. The van der Waals surface area contributed by atoms with Gasteiger partial charge in [-0.2, -0.15) is 0 Å². The number of benzene rings is 1. The second-order valence-electron chi connectivity index (χ2n) is 8.97. The van der Waals surface area contributed by atoms with Gasteiger partial charge in [0.05, 0.1) is 0 Å². The molecule has 6 nitrogen and oxygen atoms in total. The van der Waals surface area contributed by atoms with Crippen LogP contribution in [0, 0.1) is 5.41 Å². The highest BCUT2D eigenvalue weighted by Gasteiger charge is 2.51. The molecule has 1 aromatic carbocycles. The van der Waals surface area contributed by atoms with Crippen LogP contribution in [-0.2, 0) is 16.0 Å². The molecule has 3 fully saturated rings. The Kier molecular flexibility index (Phi) is 5.12. The lowest BCUT2D eigenvalue weighted by molar-refractivity contribution is -0.131. The van der Waals surface area contributed by atoms with Crippen molar-refractivity contribution in [3.63, 3.8) is 0 Å². The number of ether oxygens (including phenoxy) is 1. The van der Waals surface area contributed by atoms with Crippen LogP contribution >= 0.6 is 0 Å². The van der Waals surface area contributed by atoms with Crippen molar-refractivity contribution in [2.45, 2.75) is 56.9 Å². The highest BCUT2D eigenvalue weighted by molar-refractivity contribution is 5.76. The molecule has 1 saturated carbocycles. The van der Waals surface area contributed by atoms with Crippen LogP contribution in [0.1, 0.15) is 61.9 Å². The van der Waals surface area contributed by atoms with Crippen molar-refractivity contribution in [2.75, 3.05) is 26.3 Å². The molecule has 6 heteroatoms. The fourth-order valence-corrected chi connectivity index (χ4v) is 5.18. The van der Waals surface area contributed by atoms with Gasteiger partial charge in [-0.05, 0) is 44.1 Å². The van der Waals surface area contributed by atoms with Crippen LogP contribution in [0.3, 0.4) is 0 Å². The van der Waals surface area contributed by atoms with Gasteiger partial charge in [-0.15, -0.1) is 10.2 Å². The van der Waals surface area contributed by atoms with Gasteiger partial charge in [0.25, 0.3) is 0 Å². The number of nitrogens with zero attached hydrogens (tertiary/aromatic N) is 4. The molecule has 2 aromatic rings. The first kappa shape index (κ1) is 18.8. The van der Waals surface area contributed by atoms with E-state index in [1.54, 1.807) is 0 Å². The topological polar surface area (TPSA) is 60.2 Å². The van der Waals surface area contributed by atoms with E-state index in [1.165, 1.54) is 18.4 Å². The lowest BCUT2D eigenvalue weighted by atomic mass is 9.71. The second kappa shape index (κ2) is 7.90. The summed E-state index contributed by atoms with van der Waals surface area (Å²) in [6, 6.07) is 11.0. The van der Waals surface area contributed by atoms with Crippen LogP contribution in [0.5, 0.6) is 0 Å². The minimum atomic E-state index is 0.0903. The van der Waals surface area contributed by atoms with Crippen LogP contribution in [-0.4, -0.2) is 51.9 Å². The smallest absolute Gasteiger partial charge is 0.222 e. The fraction of sp³-hybridized carbons (Fsp3) is 0.609. The average molecular weight is 395 g/mol. The van der Waals surface area contributed by atoms with Gasteiger partial charge in [-0.1, -0.05) is 30.3 Å². The maximum absolute atomic E-state index is 13.1.